The van der Waals surface area contributed by atoms with Gasteiger partial charge in [-0.25, -0.2) is 9.59 Å². The lowest BCUT2D eigenvalue weighted by Crippen LogP contribution is -2.49. The standard InChI is InChI=1S/C22H38N4O6/c1-7-23-15-17(27)25(19(23)29)21(3,4)9-11-31-13-14-32-12-10-22(5,6)26-18(28)16-24(8-2)20(26)30/h7-16H2,1-6H3. The Morgan fingerprint density at radius 3 is 1.28 bits per heavy atom. The quantitative estimate of drug-likeness (QED) is 0.311. The molecule has 2 heterocycles. The van der Waals surface area contributed by atoms with Crippen molar-refractivity contribution in [1.29, 1.82) is 0 Å². The first-order valence-electron chi connectivity index (χ1n) is 11.4. The Morgan fingerprint density at radius 1 is 0.656 bits per heavy atom. The zero-order valence-corrected chi connectivity index (χ0v) is 20.3. The summed E-state index contributed by atoms with van der Waals surface area (Å²) in [5.74, 6) is -0.352. The molecule has 0 aromatic heterocycles. The molecule has 2 rings (SSSR count). The number of ether oxygens (including phenoxy) is 2. The third kappa shape index (κ3) is 5.78. The second-order valence-electron chi connectivity index (χ2n) is 9.40. The first-order valence-corrected chi connectivity index (χ1v) is 11.4. The highest BCUT2D eigenvalue weighted by atomic mass is 16.5. The van der Waals surface area contributed by atoms with E-state index >= 15 is 0 Å². The molecule has 2 aliphatic rings. The number of nitrogens with zero attached hydrogens (tertiary/aromatic N) is 4. The van der Waals surface area contributed by atoms with Gasteiger partial charge in [0.2, 0.25) is 0 Å². The van der Waals surface area contributed by atoms with Gasteiger partial charge >= 0.3 is 12.1 Å². The fraction of sp³-hybridized carbons (Fsp3) is 0.818. The summed E-state index contributed by atoms with van der Waals surface area (Å²) < 4.78 is 11.3. The largest absolute Gasteiger partial charge is 0.379 e. The topological polar surface area (TPSA) is 99.7 Å². The average Bonchev–Trinajstić information content (AvgIpc) is 3.18. The van der Waals surface area contributed by atoms with Gasteiger partial charge in [0.15, 0.2) is 0 Å². The highest BCUT2D eigenvalue weighted by Crippen LogP contribution is 2.26. The van der Waals surface area contributed by atoms with Crippen LogP contribution >= 0.6 is 0 Å². The fourth-order valence-electron chi connectivity index (χ4n) is 3.98. The summed E-state index contributed by atoms with van der Waals surface area (Å²) in [6, 6.07) is -0.490. The van der Waals surface area contributed by atoms with E-state index in [0.29, 0.717) is 52.4 Å². The summed E-state index contributed by atoms with van der Waals surface area (Å²) in [5, 5.41) is 0. The Morgan fingerprint density at radius 2 is 1.00 bits per heavy atom. The van der Waals surface area contributed by atoms with Gasteiger partial charge in [0.05, 0.1) is 13.2 Å². The summed E-state index contributed by atoms with van der Waals surface area (Å²) in [6.45, 7) is 14.0. The van der Waals surface area contributed by atoms with E-state index in [9.17, 15) is 19.2 Å². The van der Waals surface area contributed by atoms with Crippen LogP contribution in [0.2, 0.25) is 0 Å². The van der Waals surface area contributed by atoms with Gasteiger partial charge in [-0.05, 0) is 54.4 Å². The maximum absolute atomic E-state index is 12.4. The van der Waals surface area contributed by atoms with Crippen LogP contribution < -0.4 is 0 Å². The molecule has 0 saturated carbocycles. The summed E-state index contributed by atoms with van der Waals surface area (Å²) in [4.78, 5) is 54.9. The maximum atomic E-state index is 12.4. The molecule has 0 aliphatic carbocycles. The Labute approximate surface area is 190 Å². The van der Waals surface area contributed by atoms with Crippen LogP contribution in [-0.4, -0.2) is 107 Å². The number of rotatable bonds is 13. The highest BCUT2D eigenvalue weighted by molar-refractivity contribution is 6.03. The van der Waals surface area contributed by atoms with E-state index < -0.39 is 11.1 Å². The number of carbonyl (C=O) groups excluding carboxylic acids is 4. The second-order valence-corrected chi connectivity index (χ2v) is 9.40. The van der Waals surface area contributed by atoms with Crippen molar-refractivity contribution in [2.45, 2.75) is 65.5 Å². The molecule has 2 fully saturated rings. The van der Waals surface area contributed by atoms with Crippen LogP contribution in [0, 0.1) is 0 Å². The molecule has 2 saturated heterocycles. The minimum absolute atomic E-state index is 0.134. The molecule has 0 atom stereocenters. The molecule has 2 aliphatic heterocycles. The lowest BCUT2D eigenvalue weighted by Gasteiger charge is -2.33. The second kappa shape index (κ2) is 10.6. The number of amides is 6. The smallest absolute Gasteiger partial charge is 0.327 e. The van der Waals surface area contributed by atoms with Crippen molar-refractivity contribution in [2.75, 3.05) is 52.6 Å². The van der Waals surface area contributed by atoms with Crippen LogP contribution in [-0.2, 0) is 19.1 Å². The van der Waals surface area contributed by atoms with Gasteiger partial charge in [0, 0.05) is 37.4 Å². The van der Waals surface area contributed by atoms with Crippen LogP contribution in [0.3, 0.4) is 0 Å². The molecule has 32 heavy (non-hydrogen) atoms. The van der Waals surface area contributed by atoms with E-state index in [2.05, 4.69) is 0 Å². The van der Waals surface area contributed by atoms with Gasteiger partial charge < -0.3 is 19.3 Å². The number of hydrogen-bond donors (Lipinski definition) is 0. The maximum Gasteiger partial charge on any atom is 0.327 e. The van der Waals surface area contributed by atoms with E-state index in [0.717, 1.165) is 0 Å². The molecule has 0 spiro atoms. The SMILES string of the molecule is CCN1CC(=O)N(C(C)(C)CCOCCOCCC(C)(C)N2C(=O)CN(CC)C2=O)C1=O. The third-order valence-corrected chi connectivity index (χ3v) is 6.14. The molecule has 0 aromatic carbocycles. The van der Waals surface area contributed by atoms with Gasteiger partial charge in [0.25, 0.3) is 11.8 Å². The van der Waals surface area contributed by atoms with E-state index in [1.54, 1.807) is 0 Å². The Balaban J connectivity index is 1.65. The minimum atomic E-state index is -0.621. The number of urea groups is 2. The number of hydrogen-bond acceptors (Lipinski definition) is 6. The zero-order valence-electron chi connectivity index (χ0n) is 20.3. The van der Waals surface area contributed by atoms with Gasteiger partial charge in [-0.15, -0.1) is 0 Å². The van der Waals surface area contributed by atoms with Crippen molar-refractivity contribution in [1.82, 2.24) is 19.6 Å². The van der Waals surface area contributed by atoms with Crippen molar-refractivity contribution in [3.63, 3.8) is 0 Å². The van der Waals surface area contributed by atoms with Crippen molar-refractivity contribution in [2.24, 2.45) is 0 Å². The summed E-state index contributed by atoms with van der Waals surface area (Å²) in [7, 11) is 0. The van der Waals surface area contributed by atoms with Crippen LogP contribution in [0.1, 0.15) is 54.4 Å². The van der Waals surface area contributed by atoms with Crippen LogP contribution in [0.25, 0.3) is 0 Å². The van der Waals surface area contributed by atoms with E-state index in [1.165, 1.54) is 19.6 Å². The monoisotopic (exact) mass is 454 g/mol. The highest BCUT2D eigenvalue weighted by Gasteiger charge is 2.44. The van der Waals surface area contributed by atoms with E-state index in [1.807, 2.05) is 41.5 Å². The first-order chi connectivity index (χ1) is 15.0. The summed E-state index contributed by atoms with van der Waals surface area (Å²) >= 11 is 0. The molecule has 0 radical (unpaired) electrons. The first kappa shape index (κ1) is 26.1. The predicted molar refractivity (Wildman–Crippen MR) is 118 cm³/mol. The molecule has 0 unspecified atom stereocenters. The molecule has 0 N–H and O–H groups in total. The fourth-order valence-corrected chi connectivity index (χ4v) is 3.98. The van der Waals surface area contributed by atoms with Crippen LogP contribution in [0.15, 0.2) is 0 Å². The van der Waals surface area contributed by atoms with Gasteiger partial charge in [0.1, 0.15) is 13.1 Å². The molecule has 10 nitrogen and oxygen atoms in total. The van der Waals surface area contributed by atoms with Crippen molar-refractivity contribution < 1.29 is 28.7 Å². The van der Waals surface area contributed by atoms with Gasteiger partial charge in [-0.3, -0.25) is 19.4 Å². The van der Waals surface area contributed by atoms with E-state index in [4.69, 9.17) is 9.47 Å². The molecule has 6 amide bonds. The van der Waals surface area contributed by atoms with Crippen molar-refractivity contribution in [3.05, 3.63) is 0 Å². The number of likely N-dealkylation sites (N-methyl/N-ethyl adjacent to an activating group) is 2. The molecule has 182 valence electrons. The molecule has 0 aromatic rings. The van der Waals surface area contributed by atoms with Crippen LogP contribution in [0.4, 0.5) is 9.59 Å². The van der Waals surface area contributed by atoms with E-state index in [-0.39, 0.29) is 37.0 Å². The molecule has 0 bridgehead atoms. The predicted octanol–water partition coefficient (Wildman–Crippen LogP) is 1.93. The zero-order chi connectivity index (χ0) is 24.1. The van der Waals surface area contributed by atoms with Crippen molar-refractivity contribution in [3.8, 4) is 0 Å². The molecule has 10 heteroatoms. The average molecular weight is 455 g/mol. The Bertz CT molecular complexity index is 663. The summed E-state index contributed by atoms with van der Waals surface area (Å²) in [6.07, 6.45) is 1.06. The minimum Gasteiger partial charge on any atom is -0.379 e. The number of imide groups is 2. The normalized spacial score (nSPS) is 18.1. The van der Waals surface area contributed by atoms with Gasteiger partial charge in [-0.1, -0.05) is 0 Å². The van der Waals surface area contributed by atoms with Crippen LogP contribution in [0.5, 0.6) is 0 Å². The van der Waals surface area contributed by atoms with Crippen molar-refractivity contribution >= 4 is 23.9 Å². The lowest BCUT2D eigenvalue weighted by molar-refractivity contribution is -0.130. The third-order valence-electron chi connectivity index (χ3n) is 6.14. The Hall–Kier alpha value is -2.20. The summed E-state index contributed by atoms with van der Waals surface area (Å²) in [5.41, 5.74) is -1.24. The lowest BCUT2D eigenvalue weighted by atomic mass is 9.99. The molecular formula is C22H38N4O6. The Kier molecular flexibility index (Phi) is 8.64. The number of carbonyl (C=O) groups is 4. The molecular weight excluding hydrogens is 416 g/mol. The van der Waals surface area contributed by atoms with Gasteiger partial charge in [-0.2, -0.15) is 0 Å².